The largest absolute Gasteiger partial charge is 0.416 e. The highest BCUT2D eigenvalue weighted by molar-refractivity contribution is 5.90. The van der Waals surface area contributed by atoms with Gasteiger partial charge in [-0.25, -0.2) is 4.98 Å². The lowest BCUT2D eigenvalue weighted by atomic mass is 9.81. The fourth-order valence-electron chi connectivity index (χ4n) is 4.33. The number of aromatic amines is 1. The Morgan fingerprint density at radius 3 is 2.73 bits per heavy atom. The summed E-state index contributed by atoms with van der Waals surface area (Å²) < 4.78 is 39.4. The van der Waals surface area contributed by atoms with E-state index in [4.69, 9.17) is 0 Å². The highest BCUT2D eigenvalue weighted by atomic mass is 19.4. The third-order valence-electron chi connectivity index (χ3n) is 5.85. The number of hydrogen-bond donors (Lipinski definition) is 3. The molecule has 1 fully saturated rings. The molecule has 0 unspecified atom stereocenters. The van der Waals surface area contributed by atoms with Crippen molar-refractivity contribution in [2.45, 2.75) is 51.2 Å². The molecule has 2 atom stereocenters. The van der Waals surface area contributed by atoms with Gasteiger partial charge >= 0.3 is 6.18 Å². The lowest BCUT2D eigenvalue weighted by molar-refractivity contribution is -0.137. The van der Waals surface area contributed by atoms with E-state index in [9.17, 15) is 22.8 Å². The molecule has 3 N–H and O–H groups in total. The SMILES string of the molecule is CC(=O)C[C@@H]1CCCC[C@@H]1Nc1nc(Nc2cccc(C(F)(F)F)c2)c2c(=O)[nH]ccc2n1. The highest BCUT2D eigenvalue weighted by Crippen LogP contribution is 2.33. The Balaban J connectivity index is 1.70. The van der Waals surface area contributed by atoms with E-state index in [0.29, 0.717) is 11.9 Å². The average molecular weight is 459 g/mol. The number of fused-ring (bicyclic) bond motifs is 1. The van der Waals surface area contributed by atoms with Crippen molar-refractivity contribution >= 4 is 34.1 Å². The number of nitrogens with zero attached hydrogens (tertiary/aromatic N) is 2. The van der Waals surface area contributed by atoms with Crippen LogP contribution in [0.25, 0.3) is 10.9 Å². The van der Waals surface area contributed by atoms with E-state index in [1.54, 1.807) is 13.0 Å². The quantitative estimate of drug-likeness (QED) is 0.478. The van der Waals surface area contributed by atoms with Crippen LogP contribution in [0, 0.1) is 5.92 Å². The second-order valence-corrected chi connectivity index (χ2v) is 8.37. The number of Topliss-reactive ketones (excluding diaryl/α,β-unsaturated/α-hetero) is 1. The van der Waals surface area contributed by atoms with Crippen LogP contribution < -0.4 is 16.2 Å². The number of carbonyl (C=O) groups excluding carboxylic acids is 1. The predicted molar refractivity (Wildman–Crippen MR) is 120 cm³/mol. The Hall–Kier alpha value is -3.43. The van der Waals surface area contributed by atoms with E-state index < -0.39 is 17.3 Å². The van der Waals surface area contributed by atoms with E-state index in [-0.39, 0.29) is 40.6 Å². The van der Waals surface area contributed by atoms with Crippen LogP contribution in [-0.2, 0) is 11.0 Å². The smallest absolute Gasteiger partial charge is 0.351 e. The minimum absolute atomic E-state index is 0.0106. The molecule has 7 nitrogen and oxygen atoms in total. The van der Waals surface area contributed by atoms with Crippen molar-refractivity contribution in [1.82, 2.24) is 15.0 Å². The molecule has 4 rings (SSSR count). The molecule has 1 saturated carbocycles. The molecule has 0 bridgehead atoms. The molecule has 1 aliphatic rings. The van der Waals surface area contributed by atoms with Crippen molar-refractivity contribution in [3.05, 3.63) is 52.4 Å². The highest BCUT2D eigenvalue weighted by Gasteiger charge is 2.31. The number of rotatable bonds is 6. The minimum atomic E-state index is -4.50. The maximum absolute atomic E-state index is 13.1. The molecule has 3 aromatic rings. The summed E-state index contributed by atoms with van der Waals surface area (Å²) >= 11 is 0. The summed E-state index contributed by atoms with van der Waals surface area (Å²) in [6, 6.07) is 6.28. The van der Waals surface area contributed by atoms with Gasteiger partial charge in [0.05, 0.1) is 11.1 Å². The number of H-pyrrole nitrogens is 1. The Kier molecular flexibility index (Phi) is 6.35. The number of carbonyl (C=O) groups is 1. The first-order chi connectivity index (χ1) is 15.7. The van der Waals surface area contributed by atoms with Crippen LogP contribution in [0.4, 0.5) is 30.6 Å². The molecule has 174 valence electrons. The predicted octanol–water partition coefficient (Wildman–Crippen LogP) is 5.03. The first kappa shape index (κ1) is 22.8. The number of hydrogen-bond acceptors (Lipinski definition) is 6. The molecule has 33 heavy (non-hydrogen) atoms. The normalized spacial score (nSPS) is 18.8. The zero-order valence-electron chi connectivity index (χ0n) is 18.0. The molecule has 1 aromatic carbocycles. The van der Waals surface area contributed by atoms with Gasteiger partial charge in [0.1, 0.15) is 17.0 Å². The second kappa shape index (κ2) is 9.21. The van der Waals surface area contributed by atoms with Crippen molar-refractivity contribution < 1.29 is 18.0 Å². The van der Waals surface area contributed by atoms with E-state index in [1.165, 1.54) is 18.3 Å². The summed E-state index contributed by atoms with van der Waals surface area (Å²) in [4.78, 5) is 35.6. The number of nitrogens with one attached hydrogen (secondary N) is 3. The van der Waals surface area contributed by atoms with Crippen molar-refractivity contribution in [1.29, 1.82) is 0 Å². The van der Waals surface area contributed by atoms with Gasteiger partial charge in [0.25, 0.3) is 5.56 Å². The zero-order valence-corrected chi connectivity index (χ0v) is 18.0. The maximum Gasteiger partial charge on any atom is 0.416 e. The molecule has 10 heteroatoms. The van der Waals surface area contributed by atoms with E-state index in [0.717, 1.165) is 37.8 Å². The number of halogens is 3. The Morgan fingerprint density at radius 1 is 1.18 bits per heavy atom. The number of ketones is 1. The summed E-state index contributed by atoms with van der Waals surface area (Å²) in [7, 11) is 0. The molecular formula is C23H24F3N5O2. The number of alkyl halides is 3. The molecule has 0 spiro atoms. The van der Waals surface area contributed by atoms with Crippen molar-refractivity contribution in [2.24, 2.45) is 5.92 Å². The van der Waals surface area contributed by atoms with Gasteiger partial charge in [-0.2, -0.15) is 18.2 Å². The second-order valence-electron chi connectivity index (χ2n) is 8.37. The summed E-state index contributed by atoms with van der Waals surface area (Å²) in [5.74, 6) is 0.617. The Morgan fingerprint density at radius 2 is 1.97 bits per heavy atom. The number of benzene rings is 1. The van der Waals surface area contributed by atoms with Gasteiger partial charge in [-0.1, -0.05) is 18.9 Å². The van der Waals surface area contributed by atoms with Crippen molar-refractivity contribution in [2.75, 3.05) is 10.6 Å². The third kappa shape index (κ3) is 5.32. The van der Waals surface area contributed by atoms with Crippen LogP contribution in [0.5, 0.6) is 0 Å². The fraction of sp³-hybridized carbons (Fsp3) is 0.391. The number of anilines is 3. The summed E-state index contributed by atoms with van der Waals surface area (Å²) in [5.41, 5.74) is -0.774. The van der Waals surface area contributed by atoms with Gasteiger partial charge in [0, 0.05) is 24.3 Å². The van der Waals surface area contributed by atoms with Crippen LogP contribution in [0.15, 0.2) is 41.3 Å². The first-order valence-electron chi connectivity index (χ1n) is 10.8. The lowest BCUT2D eigenvalue weighted by Crippen LogP contribution is -2.34. The zero-order chi connectivity index (χ0) is 23.6. The summed E-state index contributed by atoms with van der Waals surface area (Å²) in [6.45, 7) is 1.57. The fourth-order valence-corrected chi connectivity index (χ4v) is 4.33. The molecule has 0 radical (unpaired) electrons. The molecule has 2 aromatic heterocycles. The topological polar surface area (TPSA) is 99.8 Å². The van der Waals surface area contributed by atoms with Crippen molar-refractivity contribution in [3.63, 3.8) is 0 Å². The van der Waals surface area contributed by atoms with Gasteiger partial charge < -0.3 is 20.4 Å². The Bertz CT molecular complexity index is 1220. The molecule has 1 aliphatic carbocycles. The standard InChI is InChI=1S/C23H24F3N5O2/c1-13(32)11-14-5-2-3-8-17(14)29-22-30-18-9-10-27-21(33)19(18)20(31-22)28-16-7-4-6-15(12-16)23(24,25)26/h4,6-7,9-10,12,14,17H,2-3,5,8,11H2,1H3,(H,27,33)(H2,28,29,30,31)/t14-,17-/m0/s1. The summed E-state index contributed by atoms with van der Waals surface area (Å²) in [6.07, 6.45) is 1.24. The van der Waals surface area contributed by atoms with Gasteiger partial charge in [-0.05, 0) is 49.9 Å². The van der Waals surface area contributed by atoms with Gasteiger partial charge in [-0.15, -0.1) is 0 Å². The van der Waals surface area contributed by atoms with Crippen LogP contribution in [0.3, 0.4) is 0 Å². The van der Waals surface area contributed by atoms with Gasteiger partial charge in [0.15, 0.2) is 0 Å². The summed E-state index contributed by atoms with van der Waals surface area (Å²) in [5, 5.41) is 6.30. The van der Waals surface area contributed by atoms with Crippen LogP contribution >= 0.6 is 0 Å². The van der Waals surface area contributed by atoms with E-state index >= 15 is 0 Å². The van der Waals surface area contributed by atoms with Crippen molar-refractivity contribution in [3.8, 4) is 0 Å². The monoisotopic (exact) mass is 459 g/mol. The molecule has 0 saturated heterocycles. The molecule has 2 heterocycles. The third-order valence-corrected chi connectivity index (χ3v) is 5.85. The lowest BCUT2D eigenvalue weighted by Gasteiger charge is -2.31. The van der Waals surface area contributed by atoms with Gasteiger partial charge in [0.2, 0.25) is 5.95 Å². The van der Waals surface area contributed by atoms with Crippen LogP contribution in [0.1, 0.15) is 44.6 Å². The molecule has 0 aliphatic heterocycles. The molecular weight excluding hydrogens is 435 g/mol. The van der Waals surface area contributed by atoms with E-state index in [1.807, 2.05) is 0 Å². The number of pyridine rings is 1. The van der Waals surface area contributed by atoms with Crippen LogP contribution in [0.2, 0.25) is 0 Å². The van der Waals surface area contributed by atoms with Gasteiger partial charge in [-0.3, -0.25) is 4.79 Å². The number of aromatic nitrogens is 3. The first-order valence-corrected chi connectivity index (χ1v) is 10.8. The van der Waals surface area contributed by atoms with Crippen LogP contribution in [-0.4, -0.2) is 26.8 Å². The average Bonchev–Trinajstić information content (AvgIpc) is 2.74. The van der Waals surface area contributed by atoms with E-state index in [2.05, 4.69) is 25.6 Å². The molecule has 0 amide bonds. The minimum Gasteiger partial charge on any atom is -0.351 e. The Labute approximate surface area is 187 Å². The maximum atomic E-state index is 13.1.